The van der Waals surface area contributed by atoms with Crippen molar-refractivity contribution in [2.24, 2.45) is 5.41 Å². The summed E-state index contributed by atoms with van der Waals surface area (Å²) in [6.07, 6.45) is 3.77. The smallest absolute Gasteiger partial charge is 0.317 e. The van der Waals surface area contributed by atoms with E-state index in [-0.39, 0.29) is 12.6 Å². The number of hydrogen-bond donors (Lipinski definition) is 2. The van der Waals surface area contributed by atoms with Crippen LogP contribution < -0.4 is 5.32 Å². The first kappa shape index (κ1) is 13.8. The van der Waals surface area contributed by atoms with Gasteiger partial charge in [-0.05, 0) is 32.6 Å². The number of nitrogens with zero attached hydrogens (tertiary/aromatic N) is 1. The number of carbonyl (C=O) groups is 2. The second kappa shape index (κ2) is 5.38. The summed E-state index contributed by atoms with van der Waals surface area (Å²) in [6.45, 7) is 3.64. The van der Waals surface area contributed by atoms with Gasteiger partial charge in [-0.15, -0.1) is 0 Å². The number of amides is 2. The molecule has 98 valence electrons. The Morgan fingerprint density at radius 2 is 2.06 bits per heavy atom. The average Bonchev–Trinajstić information content (AvgIpc) is 2.22. The maximum Gasteiger partial charge on any atom is 0.317 e. The topological polar surface area (TPSA) is 69.6 Å². The molecule has 1 atom stereocenters. The molecule has 2 amide bonds. The van der Waals surface area contributed by atoms with Gasteiger partial charge in [-0.2, -0.15) is 0 Å². The Hall–Kier alpha value is -1.26. The van der Waals surface area contributed by atoms with E-state index < -0.39 is 11.4 Å². The molecule has 5 nitrogen and oxygen atoms in total. The first-order valence-electron chi connectivity index (χ1n) is 6.15. The first-order chi connectivity index (χ1) is 7.90. The normalized spacial score (nSPS) is 19.0. The van der Waals surface area contributed by atoms with Crippen molar-refractivity contribution in [2.75, 3.05) is 13.6 Å². The van der Waals surface area contributed by atoms with Crippen LogP contribution in [-0.2, 0) is 4.79 Å². The molecule has 0 radical (unpaired) electrons. The standard InChI is InChI=1S/C12H22N2O3/c1-4-12(2,10(15)16)8-13-11(17)14(3)9-6-5-7-9/h9H,4-8H2,1-3H3,(H,13,17)(H,15,16). The van der Waals surface area contributed by atoms with Gasteiger partial charge < -0.3 is 15.3 Å². The van der Waals surface area contributed by atoms with Gasteiger partial charge in [-0.1, -0.05) is 6.92 Å². The van der Waals surface area contributed by atoms with E-state index in [9.17, 15) is 9.59 Å². The Balaban J connectivity index is 2.43. The second-order valence-corrected chi connectivity index (χ2v) is 5.07. The molecule has 5 heteroatoms. The first-order valence-corrected chi connectivity index (χ1v) is 6.15. The van der Waals surface area contributed by atoms with Crippen molar-refractivity contribution in [3.63, 3.8) is 0 Å². The molecular formula is C12H22N2O3. The van der Waals surface area contributed by atoms with Gasteiger partial charge in [0.1, 0.15) is 0 Å². The number of nitrogens with one attached hydrogen (secondary N) is 1. The van der Waals surface area contributed by atoms with Gasteiger partial charge in [-0.3, -0.25) is 4.79 Å². The maximum absolute atomic E-state index is 11.8. The molecular weight excluding hydrogens is 220 g/mol. The molecule has 17 heavy (non-hydrogen) atoms. The van der Waals surface area contributed by atoms with Crippen LogP contribution in [0.3, 0.4) is 0 Å². The van der Waals surface area contributed by atoms with Gasteiger partial charge in [0.2, 0.25) is 0 Å². The van der Waals surface area contributed by atoms with Crippen LogP contribution in [0, 0.1) is 5.41 Å². The fraction of sp³-hybridized carbons (Fsp3) is 0.833. The highest BCUT2D eigenvalue weighted by Gasteiger charge is 2.33. The number of urea groups is 1. The van der Waals surface area contributed by atoms with E-state index in [0.717, 1.165) is 12.8 Å². The van der Waals surface area contributed by atoms with Crippen molar-refractivity contribution in [1.82, 2.24) is 10.2 Å². The third-order valence-corrected chi connectivity index (χ3v) is 3.87. The number of carboxylic acid groups (broad SMARTS) is 1. The zero-order valence-electron chi connectivity index (χ0n) is 10.8. The lowest BCUT2D eigenvalue weighted by Gasteiger charge is -2.35. The Labute approximate surface area is 102 Å². The molecule has 1 aliphatic carbocycles. The minimum absolute atomic E-state index is 0.171. The number of aliphatic carboxylic acids is 1. The summed E-state index contributed by atoms with van der Waals surface area (Å²) in [7, 11) is 1.77. The number of rotatable bonds is 5. The molecule has 0 saturated heterocycles. The highest BCUT2D eigenvalue weighted by molar-refractivity contribution is 5.78. The minimum atomic E-state index is -0.879. The summed E-state index contributed by atoms with van der Waals surface area (Å²) in [5.41, 5.74) is -0.879. The third kappa shape index (κ3) is 3.11. The summed E-state index contributed by atoms with van der Waals surface area (Å²) in [4.78, 5) is 24.5. The van der Waals surface area contributed by atoms with Crippen molar-refractivity contribution in [3.8, 4) is 0 Å². The molecule has 0 heterocycles. The van der Waals surface area contributed by atoms with E-state index in [0.29, 0.717) is 12.5 Å². The third-order valence-electron chi connectivity index (χ3n) is 3.87. The summed E-state index contributed by atoms with van der Waals surface area (Å²) in [5, 5.41) is 11.8. The molecule has 0 aliphatic heterocycles. The largest absolute Gasteiger partial charge is 0.481 e. The lowest BCUT2D eigenvalue weighted by Crippen LogP contribution is -2.49. The lowest BCUT2D eigenvalue weighted by molar-refractivity contribution is -0.147. The van der Waals surface area contributed by atoms with Crippen molar-refractivity contribution in [3.05, 3.63) is 0 Å². The van der Waals surface area contributed by atoms with E-state index >= 15 is 0 Å². The average molecular weight is 242 g/mol. The van der Waals surface area contributed by atoms with Gasteiger partial charge in [0, 0.05) is 19.6 Å². The second-order valence-electron chi connectivity index (χ2n) is 5.07. The van der Waals surface area contributed by atoms with Crippen LogP contribution in [0.4, 0.5) is 4.79 Å². The molecule has 1 aliphatic rings. The maximum atomic E-state index is 11.8. The Bertz CT molecular complexity index is 302. The monoisotopic (exact) mass is 242 g/mol. The molecule has 0 aromatic rings. The summed E-state index contributed by atoms with van der Waals surface area (Å²) >= 11 is 0. The van der Waals surface area contributed by atoms with Crippen LogP contribution in [0.25, 0.3) is 0 Å². The van der Waals surface area contributed by atoms with Crippen molar-refractivity contribution >= 4 is 12.0 Å². The van der Waals surface area contributed by atoms with Crippen molar-refractivity contribution < 1.29 is 14.7 Å². The SMILES string of the molecule is CCC(C)(CNC(=O)N(C)C1CCC1)C(=O)O. The van der Waals surface area contributed by atoms with Crippen molar-refractivity contribution in [1.29, 1.82) is 0 Å². The van der Waals surface area contributed by atoms with Crippen LogP contribution in [0.15, 0.2) is 0 Å². The predicted octanol–water partition coefficient (Wildman–Crippen LogP) is 1.68. The van der Waals surface area contributed by atoms with Crippen LogP contribution in [0.1, 0.15) is 39.5 Å². The van der Waals surface area contributed by atoms with E-state index in [1.165, 1.54) is 6.42 Å². The number of carbonyl (C=O) groups excluding carboxylic acids is 1. The van der Waals surface area contributed by atoms with E-state index in [1.807, 2.05) is 6.92 Å². The minimum Gasteiger partial charge on any atom is -0.481 e. The molecule has 0 aromatic carbocycles. The fourth-order valence-corrected chi connectivity index (χ4v) is 1.69. The zero-order chi connectivity index (χ0) is 13.1. The number of hydrogen-bond acceptors (Lipinski definition) is 2. The molecule has 1 saturated carbocycles. The molecule has 0 aromatic heterocycles. The summed E-state index contributed by atoms with van der Waals surface area (Å²) < 4.78 is 0. The quantitative estimate of drug-likeness (QED) is 0.770. The zero-order valence-corrected chi connectivity index (χ0v) is 10.8. The van der Waals surface area contributed by atoms with E-state index in [1.54, 1.807) is 18.9 Å². The van der Waals surface area contributed by atoms with Crippen LogP contribution >= 0.6 is 0 Å². The molecule has 1 unspecified atom stereocenters. The Morgan fingerprint density at radius 1 is 1.47 bits per heavy atom. The molecule has 1 rings (SSSR count). The van der Waals surface area contributed by atoms with Crippen LogP contribution in [0.2, 0.25) is 0 Å². The van der Waals surface area contributed by atoms with Gasteiger partial charge in [0.25, 0.3) is 0 Å². The van der Waals surface area contributed by atoms with E-state index in [2.05, 4.69) is 5.32 Å². The number of carboxylic acids is 1. The predicted molar refractivity (Wildman–Crippen MR) is 64.8 cm³/mol. The molecule has 0 bridgehead atoms. The molecule has 1 fully saturated rings. The van der Waals surface area contributed by atoms with Gasteiger partial charge in [0.15, 0.2) is 0 Å². The van der Waals surface area contributed by atoms with Gasteiger partial charge >= 0.3 is 12.0 Å². The summed E-state index contributed by atoms with van der Waals surface area (Å²) in [6, 6.07) is 0.156. The van der Waals surface area contributed by atoms with Crippen LogP contribution in [0.5, 0.6) is 0 Å². The van der Waals surface area contributed by atoms with Gasteiger partial charge in [-0.25, -0.2) is 4.79 Å². The highest BCUT2D eigenvalue weighted by Crippen LogP contribution is 2.24. The Kier molecular flexibility index (Phi) is 4.37. The van der Waals surface area contributed by atoms with Crippen LogP contribution in [-0.4, -0.2) is 41.6 Å². The highest BCUT2D eigenvalue weighted by atomic mass is 16.4. The Morgan fingerprint density at radius 3 is 2.41 bits per heavy atom. The lowest BCUT2D eigenvalue weighted by atomic mass is 9.88. The summed E-state index contributed by atoms with van der Waals surface area (Å²) in [5.74, 6) is -0.869. The fourth-order valence-electron chi connectivity index (χ4n) is 1.69. The van der Waals surface area contributed by atoms with E-state index in [4.69, 9.17) is 5.11 Å². The van der Waals surface area contributed by atoms with Gasteiger partial charge in [0.05, 0.1) is 5.41 Å². The van der Waals surface area contributed by atoms with Crippen molar-refractivity contribution in [2.45, 2.75) is 45.6 Å². The molecule has 0 spiro atoms. The molecule has 2 N–H and O–H groups in total.